The van der Waals surface area contributed by atoms with Gasteiger partial charge in [-0.3, -0.25) is 4.90 Å². The fraction of sp³-hybridized carbons (Fsp3) is 0.545. The minimum absolute atomic E-state index is 0.470. The third-order valence-corrected chi connectivity index (χ3v) is 6.44. The number of hydrogen-bond acceptors (Lipinski definition) is 6. The summed E-state index contributed by atoms with van der Waals surface area (Å²) < 4.78 is 13.9. The highest BCUT2D eigenvalue weighted by molar-refractivity contribution is 5.74. The fourth-order valence-corrected chi connectivity index (χ4v) is 4.57. The van der Waals surface area contributed by atoms with Crippen LogP contribution in [0.1, 0.15) is 31.5 Å². The average molecular weight is 396 g/mol. The number of ether oxygens (including phenoxy) is 1. The Morgan fingerprint density at radius 3 is 2.69 bits per heavy atom. The standard InChI is InChI=1S/C22H29N5O2/c1-17(18-6-12-28-13-7-18)27-16-23-14-19(27)15-25-8-10-26(11-9-25)22-24-20-4-2-3-5-21(20)29-22/h2-5,14,16-18H,6-13,15H2,1H3. The maximum absolute atomic E-state index is 5.94. The monoisotopic (exact) mass is 395 g/mol. The topological polar surface area (TPSA) is 59.6 Å². The van der Waals surface area contributed by atoms with Crippen molar-refractivity contribution in [2.24, 2.45) is 5.92 Å². The highest BCUT2D eigenvalue weighted by Gasteiger charge is 2.25. The SMILES string of the molecule is CC(C1CCOCC1)n1cncc1CN1CCN(c2nc3ccccc3o2)CC1. The van der Waals surface area contributed by atoms with Crippen molar-refractivity contribution in [2.45, 2.75) is 32.4 Å². The molecule has 0 amide bonds. The van der Waals surface area contributed by atoms with Crippen molar-refractivity contribution in [1.29, 1.82) is 0 Å². The van der Waals surface area contributed by atoms with E-state index >= 15 is 0 Å². The Bertz CT molecular complexity index is 904. The molecular formula is C22H29N5O2. The molecule has 7 nitrogen and oxygen atoms in total. The maximum Gasteiger partial charge on any atom is 0.298 e. The van der Waals surface area contributed by atoms with Gasteiger partial charge in [0.1, 0.15) is 5.52 Å². The van der Waals surface area contributed by atoms with Gasteiger partial charge < -0.3 is 18.6 Å². The van der Waals surface area contributed by atoms with Crippen LogP contribution >= 0.6 is 0 Å². The molecule has 1 aromatic carbocycles. The van der Waals surface area contributed by atoms with Gasteiger partial charge in [0.15, 0.2) is 5.58 Å². The summed E-state index contributed by atoms with van der Waals surface area (Å²) in [5.74, 6) is 0.674. The molecule has 29 heavy (non-hydrogen) atoms. The summed E-state index contributed by atoms with van der Waals surface area (Å²) >= 11 is 0. The van der Waals surface area contributed by atoms with Crippen molar-refractivity contribution < 1.29 is 9.15 Å². The summed E-state index contributed by atoms with van der Waals surface area (Å²) in [5, 5.41) is 0. The minimum atomic E-state index is 0.470. The number of imidazole rings is 1. The van der Waals surface area contributed by atoms with Crippen molar-refractivity contribution in [3.05, 3.63) is 42.5 Å². The number of nitrogens with zero attached hydrogens (tertiary/aromatic N) is 5. The zero-order valence-corrected chi connectivity index (χ0v) is 17.0. The van der Waals surface area contributed by atoms with Crippen LogP contribution in [-0.4, -0.2) is 58.8 Å². The quantitative estimate of drug-likeness (QED) is 0.660. The number of benzene rings is 1. The number of aromatic nitrogens is 3. The van der Waals surface area contributed by atoms with Crippen molar-refractivity contribution in [3.63, 3.8) is 0 Å². The zero-order valence-electron chi connectivity index (χ0n) is 17.0. The van der Waals surface area contributed by atoms with Crippen molar-refractivity contribution in [2.75, 3.05) is 44.3 Å². The number of hydrogen-bond donors (Lipinski definition) is 0. The van der Waals surface area contributed by atoms with Gasteiger partial charge in [-0.2, -0.15) is 4.98 Å². The van der Waals surface area contributed by atoms with Gasteiger partial charge in [0.25, 0.3) is 6.01 Å². The van der Waals surface area contributed by atoms with Crippen LogP contribution in [0, 0.1) is 5.92 Å². The van der Waals surface area contributed by atoms with E-state index in [1.54, 1.807) is 0 Å². The highest BCUT2D eigenvalue weighted by Crippen LogP contribution is 2.29. The van der Waals surface area contributed by atoms with Crippen LogP contribution in [-0.2, 0) is 11.3 Å². The lowest BCUT2D eigenvalue weighted by Gasteiger charge is -2.35. The summed E-state index contributed by atoms with van der Waals surface area (Å²) in [6.07, 6.45) is 6.32. The molecule has 0 aliphatic carbocycles. The van der Waals surface area contributed by atoms with E-state index in [2.05, 4.69) is 31.3 Å². The highest BCUT2D eigenvalue weighted by atomic mass is 16.5. The Kier molecular flexibility index (Phi) is 5.24. The number of rotatable bonds is 5. The molecule has 0 saturated carbocycles. The molecule has 3 aromatic rings. The minimum Gasteiger partial charge on any atom is -0.423 e. The molecule has 0 N–H and O–H groups in total. The van der Waals surface area contributed by atoms with E-state index in [4.69, 9.17) is 9.15 Å². The molecule has 2 aromatic heterocycles. The second-order valence-corrected chi connectivity index (χ2v) is 8.21. The van der Waals surface area contributed by atoms with Gasteiger partial charge in [-0.1, -0.05) is 12.1 Å². The van der Waals surface area contributed by atoms with Gasteiger partial charge in [0.05, 0.1) is 12.0 Å². The molecular weight excluding hydrogens is 366 g/mol. The van der Waals surface area contributed by atoms with Gasteiger partial charge in [-0.25, -0.2) is 4.98 Å². The number of anilines is 1. The van der Waals surface area contributed by atoms with Crippen LogP contribution in [0.25, 0.3) is 11.1 Å². The van der Waals surface area contributed by atoms with E-state index in [0.717, 1.165) is 75.9 Å². The molecule has 1 atom stereocenters. The van der Waals surface area contributed by atoms with Crippen LogP contribution in [0.5, 0.6) is 0 Å². The van der Waals surface area contributed by atoms with E-state index < -0.39 is 0 Å². The Hall–Kier alpha value is -2.38. The lowest BCUT2D eigenvalue weighted by atomic mass is 9.92. The lowest BCUT2D eigenvalue weighted by Crippen LogP contribution is -2.46. The van der Waals surface area contributed by atoms with Crippen molar-refractivity contribution in [3.8, 4) is 0 Å². The smallest absolute Gasteiger partial charge is 0.298 e. The molecule has 0 bridgehead atoms. The van der Waals surface area contributed by atoms with E-state index in [9.17, 15) is 0 Å². The molecule has 7 heteroatoms. The first kappa shape index (κ1) is 18.6. The van der Waals surface area contributed by atoms with Gasteiger partial charge in [0.2, 0.25) is 0 Å². The fourth-order valence-electron chi connectivity index (χ4n) is 4.57. The number of oxazole rings is 1. The molecule has 2 saturated heterocycles. The van der Waals surface area contributed by atoms with Crippen LogP contribution in [0.4, 0.5) is 6.01 Å². The predicted octanol–water partition coefficient (Wildman–Crippen LogP) is 3.33. The van der Waals surface area contributed by atoms with Gasteiger partial charge >= 0.3 is 0 Å². The van der Waals surface area contributed by atoms with Crippen LogP contribution in [0.2, 0.25) is 0 Å². The molecule has 1 unspecified atom stereocenters. The van der Waals surface area contributed by atoms with E-state index in [1.807, 2.05) is 36.8 Å². The summed E-state index contributed by atoms with van der Waals surface area (Å²) in [5.41, 5.74) is 3.09. The average Bonchev–Trinajstić information content (AvgIpc) is 3.41. The summed E-state index contributed by atoms with van der Waals surface area (Å²) in [4.78, 5) is 13.9. The molecule has 4 heterocycles. The number of piperazine rings is 1. The summed E-state index contributed by atoms with van der Waals surface area (Å²) in [6, 6.07) is 9.17. The maximum atomic E-state index is 5.94. The first-order chi connectivity index (χ1) is 14.3. The van der Waals surface area contributed by atoms with E-state index in [1.165, 1.54) is 5.69 Å². The molecule has 2 aliphatic rings. The molecule has 2 fully saturated rings. The Labute approximate surface area is 171 Å². The molecule has 0 radical (unpaired) electrons. The lowest BCUT2D eigenvalue weighted by molar-refractivity contribution is 0.0506. The van der Waals surface area contributed by atoms with Crippen molar-refractivity contribution >= 4 is 17.1 Å². The third-order valence-electron chi connectivity index (χ3n) is 6.44. The van der Waals surface area contributed by atoms with E-state index in [0.29, 0.717) is 12.0 Å². The van der Waals surface area contributed by atoms with Crippen LogP contribution < -0.4 is 4.90 Å². The van der Waals surface area contributed by atoms with Gasteiger partial charge in [-0.05, 0) is 37.8 Å². The second-order valence-electron chi connectivity index (χ2n) is 8.21. The van der Waals surface area contributed by atoms with Gasteiger partial charge in [-0.15, -0.1) is 0 Å². The summed E-state index contributed by atoms with van der Waals surface area (Å²) in [6.45, 7) is 8.88. The Morgan fingerprint density at radius 1 is 1.10 bits per heavy atom. The second kappa shape index (κ2) is 8.16. The van der Waals surface area contributed by atoms with Gasteiger partial charge in [0, 0.05) is 58.2 Å². The number of fused-ring (bicyclic) bond motifs is 1. The largest absolute Gasteiger partial charge is 0.423 e. The predicted molar refractivity (Wildman–Crippen MR) is 112 cm³/mol. The first-order valence-corrected chi connectivity index (χ1v) is 10.7. The van der Waals surface area contributed by atoms with Crippen LogP contribution in [0.3, 0.4) is 0 Å². The zero-order chi connectivity index (χ0) is 19.6. The first-order valence-electron chi connectivity index (χ1n) is 10.7. The van der Waals surface area contributed by atoms with Crippen LogP contribution in [0.15, 0.2) is 41.2 Å². The van der Waals surface area contributed by atoms with E-state index in [-0.39, 0.29) is 0 Å². The number of para-hydroxylation sites is 2. The van der Waals surface area contributed by atoms with Crippen molar-refractivity contribution in [1.82, 2.24) is 19.4 Å². The molecule has 2 aliphatic heterocycles. The molecule has 0 spiro atoms. The third kappa shape index (κ3) is 3.89. The Balaban J connectivity index is 1.20. The molecule has 5 rings (SSSR count). The summed E-state index contributed by atoms with van der Waals surface area (Å²) in [7, 11) is 0. The Morgan fingerprint density at radius 2 is 1.90 bits per heavy atom. The normalized spacial score (nSPS) is 20.4. The molecule has 154 valence electrons.